The lowest BCUT2D eigenvalue weighted by atomic mass is 9.97. The number of pyridine rings is 1. The average molecular weight is 327 g/mol. The number of halogens is 1. The van der Waals surface area contributed by atoms with Crippen LogP contribution in [0.25, 0.3) is 0 Å². The Bertz CT molecular complexity index is 487. The van der Waals surface area contributed by atoms with Gasteiger partial charge in [-0.1, -0.05) is 12.1 Å². The first-order chi connectivity index (χ1) is 9.04. The zero-order valence-corrected chi connectivity index (χ0v) is 12.1. The van der Waals surface area contributed by atoms with E-state index in [1.54, 1.807) is 6.20 Å². The van der Waals surface area contributed by atoms with Crippen molar-refractivity contribution in [2.45, 2.75) is 32.3 Å². The zero-order chi connectivity index (χ0) is 13.8. The fourth-order valence-electron chi connectivity index (χ4n) is 2.08. The topological polar surface area (TPSA) is 71.8 Å². The van der Waals surface area contributed by atoms with Crippen molar-refractivity contribution < 1.29 is 14.7 Å². The summed E-state index contributed by atoms with van der Waals surface area (Å²) in [5.41, 5.74) is 1.62. The number of hydrogen-bond acceptors (Lipinski definition) is 4. The fraction of sp³-hybridized carbons (Fsp3) is 0.462. The summed E-state index contributed by atoms with van der Waals surface area (Å²) < 4.78 is 0.919. The van der Waals surface area contributed by atoms with E-state index >= 15 is 0 Å². The molecule has 1 aliphatic rings. The summed E-state index contributed by atoms with van der Waals surface area (Å²) in [5.74, 6) is -0.698. The molecule has 1 aliphatic heterocycles. The minimum absolute atomic E-state index is 0.0465. The molecule has 1 N–H and O–H groups in total. The Kier molecular flexibility index (Phi) is 4.52. The quantitative estimate of drug-likeness (QED) is 0.903. The highest BCUT2D eigenvalue weighted by Gasteiger charge is 2.25. The van der Waals surface area contributed by atoms with Crippen LogP contribution in [0.5, 0.6) is 0 Å². The predicted octanol–water partition coefficient (Wildman–Crippen LogP) is 2.84. The molecule has 2 atom stereocenters. The molecule has 0 saturated heterocycles. The van der Waals surface area contributed by atoms with E-state index in [9.17, 15) is 4.79 Å². The van der Waals surface area contributed by atoms with E-state index < -0.39 is 5.97 Å². The molecule has 0 radical (unpaired) electrons. The van der Waals surface area contributed by atoms with Crippen LogP contribution in [0.2, 0.25) is 0 Å². The van der Waals surface area contributed by atoms with Crippen LogP contribution in [0.4, 0.5) is 0 Å². The van der Waals surface area contributed by atoms with Gasteiger partial charge in [0.2, 0.25) is 0 Å². The lowest BCUT2D eigenvalue weighted by Crippen LogP contribution is -2.15. The van der Waals surface area contributed by atoms with Crippen molar-refractivity contribution >= 4 is 27.6 Å². The van der Waals surface area contributed by atoms with Crippen LogP contribution in [0.3, 0.4) is 0 Å². The van der Waals surface area contributed by atoms with Gasteiger partial charge in [0, 0.05) is 23.5 Å². The van der Waals surface area contributed by atoms with E-state index in [1.807, 2.05) is 19.1 Å². The first-order valence-corrected chi connectivity index (χ1v) is 6.90. The Morgan fingerprint density at radius 2 is 2.42 bits per heavy atom. The van der Waals surface area contributed by atoms with Gasteiger partial charge in [-0.05, 0) is 40.4 Å². The second-order valence-corrected chi connectivity index (χ2v) is 5.69. The maximum atomic E-state index is 10.6. The number of oxime groups is 1. The summed E-state index contributed by atoms with van der Waals surface area (Å²) >= 11 is 3.33. The molecule has 19 heavy (non-hydrogen) atoms. The van der Waals surface area contributed by atoms with Crippen molar-refractivity contribution in [2.75, 3.05) is 0 Å². The third-order valence-corrected chi connectivity index (χ3v) is 3.41. The van der Waals surface area contributed by atoms with Gasteiger partial charge in [0.15, 0.2) is 0 Å². The highest BCUT2D eigenvalue weighted by atomic mass is 79.9. The molecule has 1 unspecified atom stereocenters. The molecule has 102 valence electrons. The number of aliphatic carboxylic acids is 1. The lowest BCUT2D eigenvalue weighted by Gasteiger charge is -2.12. The van der Waals surface area contributed by atoms with Crippen LogP contribution >= 0.6 is 15.9 Å². The van der Waals surface area contributed by atoms with Gasteiger partial charge in [-0.15, -0.1) is 0 Å². The Labute approximate surface area is 119 Å². The Morgan fingerprint density at radius 1 is 1.63 bits per heavy atom. The molecular weight excluding hydrogens is 312 g/mol. The van der Waals surface area contributed by atoms with E-state index in [0.29, 0.717) is 12.8 Å². The van der Waals surface area contributed by atoms with Crippen molar-refractivity contribution in [1.29, 1.82) is 0 Å². The summed E-state index contributed by atoms with van der Waals surface area (Å²) in [6, 6.07) is 3.79. The summed E-state index contributed by atoms with van der Waals surface area (Å²) in [5, 5.41) is 12.8. The Hall–Kier alpha value is -1.43. The number of carboxylic acid groups (broad SMARTS) is 1. The number of nitrogens with zero attached hydrogens (tertiary/aromatic N) is 2. The SMILES string of the molecule is CC(CC(=O)O)C[C@H]1CC(c2ccc(Br)cn2)=NO1. The maximum Gasteiger partial charge on any atom is 0.303 e. The minimum atomic E-state index is -0.777. The van der Waals surface area contributed by atoms with Gasteiger partial charge in [-0.2, -0.15) is 0 Å². The van der Waals surface area contributed by atoms with Gasteiger partial charge in [-0.3, -0.25) is 9.78 Å². The Morgan fingerprint density at radius 3 is 3.05 bits per heavy atom. The van der Waals surface area contributed by atoms with Crippen molar-refractivity contribution in [2.24, 2.45) is 11.1 Å². The second kappa shape index (κ2) is 6.14. The molecule has 0 spiro atoms. The zero-order valence-electron chi connectivity index (χ0n) is 10.5. The molecule has 1 aromatic rings. The van der Waals surface area contributed by atoms with Crippen LogP contribution in [-0.4, -0.2) is 27.9 Å². The summed E-state index contributed by atoms with van der Waals surface area (Å²) in [4.78, 5) is 20.2. The summed E-state index contributed by atoms with van der Waals surface area (Å²) in [7, 11) is 0. The van der Waals surface area contributed by atoms with Gasteiger partial charge in [0.25, 0.3) is 0 Å². The first kappa shape index (κ1) is 14.0. The molecule has 1 aromatic heterocycles. The highest BCUT2D eigenvalue weighted by Crippen LogP contribution is 2.23. The standard InChI is InChI=1S/C13H15BrN2O3/c1-8(5-13(17)18)4-10-6-12(16-19-10)11-3-2-9(14)7-15-11/h2-3,7-8,10H,4-6H2,1H3,(H,17,18)/t8?,10-/m0/s1. The van der Waals surface area contributed by atoms with Crippen molar-refractivity contribution in [3.63, 3.8) is 0 Å². The maximum absolute atomic E-state index is 10.6. The summed E-state index contributed by atoms with van der Waals surface area (Å²) in [6.45, 7) is 1.91. The molecule has 2 rings (SSSR count). The van der Waals surface area contributed by atoms with E-state index in [2.05, 4.69) is 26.1 Å². The number of carbonyl (C=O) groups is 1. The van der Waals surface area contributed by atoms with Crippen LogP contribution in [0.1, 0.15) is 31.9 Å². The molecule has 0 aromatic carbocycles. The van der Waals surface area contributed by atoms with Gasteiger partial charge in [-0.25, -0.2) is 0 Å². The molecular formula is C13H15BrN2O3. The van der Waals surface area contributed by atoms with Gasteiger partial charge in [0.1, 0.15) is 11.8 Å². The average Bonchev–Trinajstić information content (AvgIpc) is 2.77. The minimum Gasteiger partial charge on any atom is -0.481 e. The molecule has 0 bridgehead atoms. The van der Waals surface area contributed by atoms with E-state index in [1.165, 1.54) is 0 Å². The van der Waals surface area contributed by atoms with Crippen LogP contribution < -0.4 is 0 Å². The molecule has 6 heteroatoms. The van der Waals surface area contributed by atoms with Gasteiger partial charge >= 0.3 is 5.97 Å². The lowest BCUT2D eigenvalue weighted by molar-refractivity contribution is -0.138. The molecule has 0 amide bonds. The number of carboxylic acids is 1. The molecule has 0 aliphatic carbocycles. The van der Waals surface area contributed by atoms with Crippen molar-refractivity contribution in [3.8, 4) is 0 Å². The normalized spacial score (nSPS) is 19.7. The molecule has 2 heterocycles. The van der Waals surface area contributed by atoms with Crippen molar-refractivity contribution in [3.05, 3.63) is 28.5 Å². The number of aromatic nitrogens is 1. The van der Waals surface area contributed by atoms with E-state index in [-0.39, 0.29) is 18.4 Å². The van der Waals surface area contributed by atoms with E-state index in [0.717, 1.165) is 15.9 Å². The monoisotopic (exact) mass is 326 g/mol. The third kappa shape index (κ3) is 4.02. The smallest absolute Gasteiger partial charge is 0.303 e. The van der Waals surface area contributed by atoms with Crippen LogP contribution in [0, 0.1) is 5.92 Å². The molecule has 5 nitrogen and oxygen atoms in total. The Balaban J connectivity index is 1.88. The van der Waals surface area contributed by atoms with Crippen LogP contribution in [-0.2, 0) is 9.63 Å². The first-order valence-electron chi connectivity index (χ1n) is 6.11. The van der Waals surface area contributed by atoms with E-state index in [4.69, 9.17) is 9.94 Å². The van der Waals surface area contributed by atoms with Gasteiger partial charge in [0.05, 0.1) is 5.69 Å². The number of hydrogen-bond donors (Lipinski definition) is 1. The summed E-state index contributed by atoms with van der Waals surface area (Å²) in [6.07, 6.45) is 3.20. The van der Waals surface area contributed by atoms with Crippen LogP contribution in [0.15, 0.2) is 28.0 Å². The fourth-order valence-corrected chi connectivity index (χ4v) is 2.32. The molecule has 0 fully saturated rings. The predicted molar refractivity (Wildman–Crippen MR) is 74.0 cm³/mol. The van der Waals surface area contributed by atoms with Crippen molar-refractivity contribution in [1.82, 2.24) is 4.98 Å². The largest absolute Gasteiger partial charge is 0.481 e. The third-order valence-electron chi connectivity index (χ3n) is 2.94. The number of rotatable bonds is 5. The molecule has 0 saturated carbocycles. The highest BCUT2D eigenvalue weighted by molar-refractivity contribution is 9.10. The second-order valence-electron chi connectivity index (χ2n) is 4.77. The van der Waals surface area contributed by atoms with Gasteiger partial charge < -0.3 is 9.94 Å².